The van der Waals surface area contributed by atoms with Crippen LogP contribution < -0.4 is 20.7 Å². The first kappa shape index (κ1) is 22.3. The van der Waals surface area contributed by atoms with Gasteiger partial charge in [-0.15, -0.1) is 4.68 Å². The minimum Gasteiger partial charge on any atom is -0.490 e. The van der Waals surface area contributed by atoms with Gasteiger partial charge in [-0.05, 0) is 54.0 Å². The number of aromatic nitrogens is 2. The monoisotopic (exact) mass is 489 g/mol. The smallest absolute Gasteiger partial charge is 0.349 e. The molecule has 0 aliphatic heterocycles. The van der Waals surface area contributed by atoms with E-state index < -0.39 is 23.3 Å². The van der Waals surface area contributed by atoms with Crippen LogP contribution >= 0.6 is 15.9 Å². The molecule has 0 saturated heterocycles. The number of carbonyl (C=O) groups excluding carboxylic acids is 1. The van der Waals surface area contributed by atoms with Gasteiger partial charge in [0.25, 0.3) is 5.56 Å². The van der Waals surface area contributed by atoms with E-state index in [1.165, 1.54) is 13.3 Å². The molecule has 31 heavy (non-hydrogen) atoms. The second-order valence-electron chi connectivity index (χ2n) is 6.37. The summed E-state index contributed by atoms with van der Waals surface area (Å²) < 4.78 is 17.2. The van der Waals surface area contributed by atoms with E-state index in [9.17, 15) is 14.4 Å². The molecule has 1 atom stereocenters. The van der Waals surface area contributed by atoms with E-state index >= 15 is 0 Å². The minimum absolute atomic E-state index is 0.324. The summed E-state index contributed by atoms with van der Waals surface area (Å²) in [5, 5.41) is 4.40. The number of hydrogen-bond acceptors (Lipinski definition) is 7. The maximum atomic E-state index is 12.6. The highest BCUT2D eigenvalue weighted by Gasteiger charge is 2.19. The maximum absolute atomic E-state index is 12.6. The number of aromatic amines is 1. The minimum atomic E-state index is -0.842. The van der Waals surface area contributed by atoms with Gasteiger partial charge in [0.2, 0.25) is 0 Å². The molecule has 0 aliphatic carbocycles. The number of benzene rings is 2. The summed E-state index contributed by atoms with van der Waals surface area (Å²) in [6.07, 6.45) is 0.510. The van der Waals surface area contributed by atoms with Crippen LogP contribution in [0.15, 0.2) is 55.6 Å². The van der Waals surface area contributed by atoms with Crippen molar-refractivity contribution in [1.82, 2.24) is 9.66 Å². The van der Waals surface area contributed by atoms with Crippen LogP contribution in [-0.2, 0) is 9.53 Å². The van der Waals surface area contributed by atoms with E-state index in [4.69, 9.17) is 9.47 Å². The first-order valence-corrected chi connectivity index (χ1v) is 10.1. The standard InChI is InChI=1S/C21H20BrN3O6/c1-4-30-17-9-13(15(22)10-18(17)31-12(2)20(27)29-3)11-23-25-19(26)14-7-5-6-8-16(14)24-21(25)28/h5-12H,4H2,1-3H3,(H,24,28)/t12-/m1/s1. The van der Waals surface area contributed by atoms with Crippen LogP contribution in [0.3, 0.4) is 0 Å². The van der Waals surface area contributed by atoms with Crippen LogP contribution in [0.4, 0.5) is 0 Å². The van der Waals surface area contributed by atoms with Gasteiger partial charge in [-0.2, -0.15) is 5.10 Å². The number of nitrogens with zero attached hydrogens (tertiary/aromatic N) is 2. The number of rotatable bonds is 7. The average molecular weight is 490 g/mol. The van der Waals surface area contributed by atoms with Crippen molar-refractivity contribution in [3.05, 3.63) is 67.3 Å². The zero-order valence-corrected chi connectivity index (χ0v) is 18.6. The summed E-state index contributed by atoms with van der Waals surface area (Å²) in [6, 6.07) is 9.91. The zero-order valence-electron chi connectivity index (χ0n) is 17.0. The lowest BCUT2D eigenvalue weighted by Gasteiger charge is -2.17. The van der Waals surface area contributed by atoms with Crippen molar-refractivity contribution in [2.75, 3.05) is 13.7 Å². The molecule has 0 fully saturated rings. The third-order valence-corrected chi connectivity index (χ3v) is 4.98. The normalized spacial score (nSPS) is 12.1. The van der Waals surface area contributed by atoms with Crippen molar-refractivity contribution < 1.29 is 19.0 Å². The molecule has 1 aromatic heterocycles. The van der Waals surface area contributed by atoms with E-state index in [0.29, 0.717) is 39.0 Å². The Kier molecular flexibility index (Phi) is 6.91. The summed E-state index contributed by atoms with van der Waals surface area (Å²) in [6.45, 7) is 3.71. The number of halogens is 1. The first-order valence-electron chi connectivity index (χ1n) is 9.35. The Balaban J connectivity index is 2.00. The second-order valence-corrected chi connectivity index (χ2v) is 7.23. The van der Waals surface area contributed by atoms with Crippen molar-refractivity contribution in [2.45, 2.75) is 20.0 Å². The number of para-hydroxylation sites is 1. The van der Waals surface area contributed by atoms with Crippen molar-refractivity contribution in [2.24, 2.45) is 5.10 Å². The number of esters is 1. The number of hydrogen-bond donors (Lipinski definition) is 1. The largest absolute Gasteiger partial charge is 0.490 e. The number of H-pyrrole nitrogens is 1. The molecule has 0 radical (unpaired) electrons. The molecule has 0 bridgehead atoms. The van der Waals surface area contributed by atoms with E-state index in [2.05, 4.69) is 30.8 Å². The van der Waals surface area contributed by atoms with E-state index in [1.807, 2.05) is 0 Å². The lowest BCUT2D eigenvalue weighted by atomic mass is 10.2. The van der Waals surface area contributed by atoms with Crippen molar-refractivity contribution in [3.8, 4) is 11.5 Å². The Morgan fingerprint density at radius 3 is 2.71 bits per heavy atom. The van der Waals surface area contributed by atoms with E-state index in [1.54, 1.807) is 50.2 Å². The van der Waals surface area contributed by atoms with Crippen molar-refractivity contribution in [1.29, 1.82) is 0 Å². The van der Waals surface area contributed by atoms with Crippen LogP contribution in [0.1, 0.15) is 19.4 Å². The summed E-state index contributed by atoms with van der Waals surface area (Å²) in [7, 11) is 1.28. The van der Waals surface area contributed by atoms with Crippen molar-refractivity contribution >= 4 is 39.0 Å². The predicted molar refractivity (Wildman–Crippen MR) is 119 cm³/mol. The number of carbonyl (C=O) groups is 1. The molecule has 9 nitrogen and oxygen atoms in total. The summed E-state index contributed by atoms with van der Waals surface area (Å²) in [4.78, 5) is 39.2. The summed E-state index contributed by atoms with van der Waals surface area (Å²) in [5.74, 6) is 0.159. The Hall–Kier alpha value is -3.40. The van der Waals surface area contributed by atoms with Gasteiger partial charge in [-0.3, -0.25) is 4.79 Å². The topological polar surface area (TPSA) is 112 Å². The number of ether oxygens (including phenoxy) is 3. The SMILES string of the molecule is CCOc1cc(C=Nn2c(=O)[nH]c3ccccc3c2=O)c(Br)cc1O[C@H](C)C(=O)OC. The molecule has 3 aromatic rings. The van der Waals surface area contributed by atoms with Gasteiger partial charge in [-0.1, -0.05) is 12.1 Å². The van der Waals surface area contributed by atoms with Crippen LogP contribution in [0, 0.1) is 0 Å². The van der Waals surface area contributed by atoms with Crippen LogP contribution in [0.5, 0.6) is 11.5 Å². The maximum Gasteiger partial charge on any atom is 0.349 e. The fraction of sp³-hybridized carbons (Fsp3) is 0.238. The van der Waals surface area contributed by atoms with Gasteiger partial charge in [-0.25, -0.2) is 9.59 Å². The number of nitrogens with one attached hydrogen (secondary N) is 1. The predicted octanol–water partition coefficient (Wildman–Crippen LogP) is 2.67. The summed E-state index contributed by atoms with van der Waals surface area (Å²) >= 11 is 3.41. The molecule has 3 rings (SSSR count). The van der Waals surface area contributed by atoms with E-state index in [0.717, 1.165) is 4.68 Å². The molecular weight excluding hydrogens is 470 g/mol. The van der Waals surface area contributed by atoms with Gasteiger partial charge in [0, 0.05) is 10.0 Å². The quantitative estimate of drug-likeness (QED) is 0.403. The lowest BCUT2D eigenvalue weighted by molar-refractivity contribution is -0.147. The van der Waals surface area contributed by atoms with Gasteiger partial charge in [0.1, 0.15) is 0 Å². The fourth-order valence-electron chi connectivity index (χ4n) is 2.79. The highest BCUT2D eigenvalue weighted by molar-refractivity contribution is 9.10. The first-order chi connectivity index (χ1) is 14.8. The Morgan fingerprint density at radius 2 is 2.00 bits per heavy atom. The molecule has 2 aromatic carbocycles. The lowest BCUT2D eigenvalue weighted by Crippen LogP contribution is -2.32. The molecule has 0 saturated carbocycles. The second kappa shape index (κ2) is 9.61. The third-order valence-electron chi connectivity index (χ3n) is 4.30. The molecule has 0 aliphatic rings. The van der Waals surface area contributed by atoms with Gasteiger partial charge < -0.3 is 19.2 Å². The molecule has 0 amide bonds. The highest BCUT2D eigenvalue weighted by Crippen LogP contribution is 2.34. The van der Waals surface area contributed by atoms with Crippen LogP contribution in [-0.4, -0.2) is 41.7 Å². The molecular formula is C21H20BrN3O6. The zero-order chi connectivity index (χ0) is 22.5. The van der Waals surface area contributed by atoms with E-state index in [-0.39, 0.29) is 0 Å². The Morgan fingerprint density at radius 1 is 1.26 bits per heavy atom. The number of methoxy groups -OCH3 is 1. The van der Waals surface area contributed by atoms with Crippen molar-refractivity contribution in [3.63, 3.8) is 0 Å². The van der Waals surface area contributed by atoms with Gasteiger partial charge in [0.05, 0.1) is 30.8 Å². The molecule has 1 N–H and O–H groups in total. The highest BCUT2D eigenvalue weighted by atomic mass is 79.9. The third kappa shape index (κ3) is 4.85. The Labute approximate surface area is 185 Å². The molecule has 162 valence electrons. The molecule has 0 unspecified atom stereocenters. The molecule has 0 spiro atoms. The number of fused-ring (bicyclic) bond motifs is 1. The summed E-state index contributed by atoms with van der Waals surface area (Å²) in [5.41, 5.74) is -0.234. The average Bonchev–Trinajstić information content (AvgIpc) is 2.75. The molecule has 1 heterocycles. The van der Waals surface area contributed by atoms with Crippen LogP contribution in [0.25, 0.3) is 10.9 Å². The molecule has 10 heteroatoms. The van der Waals surface area contributed by atoms with Gasteiger partial charge in [0.15, 0.2) is 17.6 Å². The Bertz CT molecular complexity index is 1260. The van der Waals surface area contributed by atoms with Gasteiger partial charge >= 0.3 is 11.7 Å². The van der Waals surface area contributed by atoms with Crippen LogP contribution in [0.2, 0.25) is 0 Å². The fourth-order valence-corrected chi connectivity index (χ4v) is 3.22.